The van der Waals surface area contributed by atoms with E-state index in [0.717, 1.165) is 43.4 Å². The molecule has 2 aliphatic rings. The number of aryl methyl sites for hydroxylation is 2. The van der Waals surface area contributed by atoms with Crippen LogP contribution in [0.2, 0.25) is 0 Å². The van der Waals surface area contributed by atoms with Gasteiger partial charge in [0.25, 0.3) is 0 Å². The maximum atomic E-state index is 11.5. The fourth-order valence-corrected chi connectivity index (χ4v) is 3.35. The Labute approximate surface area is 113 Å². The number of fused-ring (bicyclic) bond motifs is 1. The third-order valence-electron chi connectivity index (χ3n) is 4.47. The summed E-state index contributed by atoms with van der Waals surface area (Å²) in [7, 11) is 1.99. The van der Waals surface area contributed by atoms with Crippen LogP contribution in [0.3, 0.4) is 0 Å². The minimum Gasteiger partial charge on any atom is -0.478 e. The van der Waals surface area contributed by atoms with Crippen molar-refractivity contribution in [3.05, 3.63) is 22.9 Å². The molecule has 102 valence electrons. The van der Waals surface area contributed by atoms with E-state index in [1.165, 1.54) is 12.8 Å². The van der Waals surface area contributed by atoms with Gasteiger partial charge in [-0.3, -0.25) is 0 Å². The average molecular weight is 260 g/mol. The first-order valence-corrected chi connectivity index (χ1v) is 7.15. The SMILES string of the molecule is CN(c1nc2c(cc1C(=O)O)CCC2)C1CCCC1. The number of hydrogen-bond acceptors (Lipinski definition) is 3. The molecule has 4 nitrogen and oxygen atoms in total. The first-order chi connectivity index (χ1) is 9.16. The average Bonchev–Trinajstić information content (AvgIpc) is 3.06. The molecule has 1 aromatic rings. The molecule has 1 saturated carbocycles. The molecule has 3 rings (SSSR count). The van der Waals surface area contributed by atoms with Crippen LogP contribution in [0.4, 0.5) is 5.82 Å². The van der Waals surface area contributed by atoms with Crippen molar-refractivity contribution in [3.63, 3.8) is 0 Å². The Bertz CT molecular complexity index is 507. The van der Waals surface area contributed by atoms with E-state index in [9.17, 15) is 9.90 Å². The summed E-state index contributed by atoms with van der Waals surface area (Å²) in [5, 5.41) is 9.42. The quantitative estimate of drug-likeness (QED) is 0.907. The van der Waals surface area contributed by atoms with Crippen molar-refractivity contribution < 1.29 is 9.90 Å². The van der Waals surface area contributed by atoms with E-state index in [4.69, 9.17) is 0 Å². The fraction of sp³-hybridized carbons (Fsp3) is 0.600. The van der Waals surface area contributed by atoms with Crippen molar-refractivity contribution >= 4 is 11.8 Å². The number of carboxylic acids is 1. The Kier molecular flexibility index (Phi) is 3.17. The predicted octanol–water partition coefficient (Wildman–Crippen LogP) is 2.65. The van der Waals surface area contributed by atoms with E-state index in [2.05, 4.69) is 9.88 Å². The molecule has 0 spiro atoms. The van der Waals surface area contributed by atoms with Crippen LogP contribution in [-0.2, 0) is 12.8 Å². The highest BCUT2D eigenvalue weighted by Gasteiger charge is 2.26. The summed E-state index contributed by atoms with van der Waals surface area (Å²) in [6.07, 6.45) is 7.82. The number of nitrogens with zero attached hydrogens (tertiary/aromatic N) is 2. The van der Waals surface area contributed by atoms with Gasteiger partial charge in [-0.15, -0.1) is 0 Å². The van der Waals surface area contributed by atoms with Crippen molar-refractivity contribution in [2.75, 3.05) is 11.9 Å². The molecule has 2 aliphatic carbocycles. The van der Waals surface area contributed by atoms with Gasteiger partial charge in [-0.05, 0) is 43.7 Å². The van der Waals surface area contributed by atoms with Gasteiger partial charge >= 0.3 is 5.97 Å². The molecule has 1 fully saturated rings. The van der Waals surface area contributed by atoms with Gasteiger partial charge in [0.05, 0.1) is 0 Å². The highest BCUT2D eigenvalue weighted by molar-refractivity contribution is 5.93. The lowest BCUT2D eigenvalue weighted by Crippen LogP contribution is -2.31. The minimum absolute atomic E-state index is 0.370. The Morgan fingerprint density at radius 1 is 1.32 bits per heavy atom. The summed E-state index contributed by atoms with van der Waals surface area (Å²) >= 11 is 0. The lowest BCUT2D eigenvalue weighted by Gasteiger charge is -2.27. The van der Waals surface area contributed by atoms with Crippen LogP contribution in [0.1, 0.15) is 53.7 Å². The smallest absolute Gasteiger partial charge is 0.339 e. The molecule has 0 radical (unpaired) electrons. The number of aromatic carboxylic acids is 1. The largest absolute Gasteiger partial charge is 0.478 e. The van der Waals surface area contributed by atoms with Gasteiger partial charge in [0, 0.05) is 18.8 Å². The fourth-order valence-electron chi connectivity index (χ4n) is 3.35. The van der Waals surface area contributed by atoms with Gasteiger partial charge in [0.1, 0.15) is 11.4 Å². The van der Waals surface area contributed by atoms with Crippen molar-refractivity contribution in [3.8, 4) is 0 Å². The summed E-state index contributed by atoms with van der Waals surface area (Å²) in [6, 6.07) is 2.29. The second-order valence-corrected chi connectivity index (χ2v) is 5.67. The highest BCUT2D eigenvalue weighted by atomic mass is 16.4. The molecule has 0 atom stereocenters. The molecule has 1 aromatic heterocycles. The van der Waals surface area contributed by atoms with Crippen LogP contribution >= 0.6 is 0 Å². The van der Waals surface area contributed by atoms with E-state index < -0.39 is 5.97 Å². The summed E-state index contributed by atoms with van der Waals surface area (Å²) in [6.45, 7) is 0. The Balaban J connectivity index is 2.00. The van der Waals surface area contributed by atoms with Crippen LogP contribution in [-0.4, -0.2) is 29.1 Å². The lowest BCUT2D eigenvalue weighted by molar-refractivity contribution is 0.0697. The summed E-state index contributed by atoms with van der Waals surface area (Å²) in [5.74, 6) is -0.193. The van der Waals surface area contributed by atoms with Crippen LogP contribution in [0.5, 0.6) is 0 Å². The maximum absolute atomic E-state index is 11.5. The van der Waals surface area contributed by atoms with E-state index in [1.54, 1.807) is 0 Å². The van der Waals surface area contributed by atoms with E-state index in [1.807, 2.05) is 13.1 Å². The number of rotatable bonds is 3. The molecule has 0 unspecified atom stereocenters. The third-order valence-corrected chi connectivity index (χ3v) is 4.47. The van der Waals surface area contributed by atoms with Gasteiger partial charge < -0.3 is 10.0 Å². The first kappa shape index (κ1) is 12.5. The highest BCUT2D eigenvalue weighted by Crippen LogP contribution is 2.31. The van der Waals surface area contributed by atoms with Crippen molar-refractivity contribution in [2.45, 2.75) is 51.0 Å². The van der Waals surface area contributed by atoms with Gasteiger partial charge in [0.2, 0.25) is 0 Å². The number of carbonyl (C=O) groups is 1. The topological polar surface area (TPSA) is 53.4 Å². The Hall–Kier alpha value is -1.58. The second-order valence-electron chi connectivity index (χ2n) is 5.67. The zero-order valence-electron chi connectivity index (χ0n) is 11.4. The number of carboxylic acid groups (broad SMARTS) is 1. The van der Waals surface area contributed by atoms with Crippen molar-refractivity contribution in [1.82, 2.24) is 4.98 Å². The molecule has 0 saturated heterocycles. The summed E-state index contributed by atoms with van der Waals surface area (Å²) in [5.41, 5.74) is 2.60. The Morgan fingerprint density at radius 2 is 2.05 bits per heavy atom. The van der Waals surface area contributed by atoms with Gasteiger partial charge in [-0.1, -0.05) is 12.8 Å². The Morgan fingerprint density at radius 3 is 2.74 bits per heavy atom. The maximum Gasteiger partial charge on any atom is 0.339 e. The molecule has 0 aliphatic heterocycles. The normalized spacial score (nSPS) is 18.6. The van der Waals surface area contributed by atoms with Crippen molar-refractivity contribution in [2.24, 2.45) is 0 Å². The summed E-state index contributed by atoms with van der Waals surface area (Å²) < 4.78 is 0. The first-order valence-electron chi connectivity index (χ1n) is 7.15. The number of hydrogen-bond donors (Lipinski definition) is 1. The molecular formula is C15H20N2O2. The van der Waals surface area contributed by atoms with Gasteiger partial charge in [-0.25, -0.2) is 9.78 Å². The summed E-state index contributed by atoms with van der Waals surface area (Å²) in [4.78, 5) is 18.2. The van der Waals surface area contributed by atoms with Crippen LogP contribution < -0.4 is 4.90 Å². The van der Waals surface area contributed by atoms with Gasteiger partial charge in [-0.2, -0.15) is 0 Å². The predicted molar refractivity (Wildman–Crippen MR) is 73.9 cm³/mol. The molecule has 1 heterocycles. The van der Waals surface area contributed by atoms with Gasteiger partial charge in [0.15, 0.2) is 0 Å². The van der Waals surface area contributed by atoms with E-state index in [-0.39, 0.29) is 0 Å². The third kappa shape index (κ3) is 2.20. The standard InChI is InChI=1S/C15H20N2O2/c1-17(11-6-2-3-7-11)14-12(15(18)19)9-10-5-4-8-13(10)16-14/h9,11H,2-8H2,1H3,(H,18,19). The zero-order valence-corrected chi connectivity index (χ0v) is 11.4. The van der Waals surface area contributed by atoms with Crippen LogP contribution in [0, 0.1) is 0 Å². The number of pyridine rings is 1. The van der Waals surface area contributed by atoms with Crippen LogP contribution in [0.15, 0.2) is 6.07 Å². The molecule has 19 heavy (non-hydrogen) atoms. The zero-order chi connectivity index (χ0) is 13.4. The molecule has 1 N–H and O–H groups in total. The molecular weight excluding hydrogens is 240 g/mol. The van der Waals surface area contributed by atoms with Crippen molar-refractivity contribution in [1.29, 1.82) is 0 Å². The van der Waals surface area contributed by atoms with E-state index >= 15 is 0 Å². The second kappa shape index (κ2) is 4.83. The monoisotopic (exact) mass is 260 g/mol. The molecule has 0 aromatic carbocycles. The minimum atomic E-state index is -0.859. The molecule has 0 amide bonds. The molecule has 0 bridgehead atoms. The number of aromatic nitrogens is 1. The lowest BCUT2D eigenvalue weighted by atomic mass is 10.1. The molecule has 4 heteroatoms. The van der Waals surface area contributed by atoms with Crippen LogP contribution in [0.25, 0.3) is 0 Å². The van der Waals surface area contributed by atoms with E-state index in [0.29, 0.717) is 17.4 Å². The number of anilines is 1.